The summed E-state index contributed by atoms with van der Waals surface area (Å²) in [6, 6.07) is 6.39. The maximum Gasteiger partial charge on any atom is 0.285 e. The Hall–Kier alpha value is -0.880. The van der Waals surface area contributed by atoms with Crippen molar-refractivity contribution >= 4 is 31.9 Å². The van der Waals surface area contributed by atoms with Crippen LogP contribution < -0.4 is 0 Å². The highest BCUT2D eigenvalue weighted by atomic mass is 79.9. The number of sulfonamides is 1. The molecule has 2 rings (SSSR count). The van der Waals surface area contributed by atoms with Gasteiger partial charge in [0.25, 0.3) is 10.0 Å². The zero-order valence-electron chi connectivity index (χ0n) is 9.10. The minimum atomic E-state index is -3.63. The molecule has 0 amide bonds. The summed E-state index contributed by atoms with van der Waals surface area (Å²) in [4.78, 5) is 0.183. The van der Waals surface area contributed by atoms with Crippen molar-refractivity contribution in [2.24, 2.45) is 4.40 Å². The highest BCUT2D eigenvalue weighted by molar-refractivity contribution is 9.10. The van der Waals surface area contributed by atoms with Crippen molar-refractivity contribution in [2.45, 2.75) is 24.2 Å². The van der Waals surface area contributed by atoms with Gasteiger partial charge in [0.2, 0.25) is 0 Å². The largest absolute Gasteiger partial charge is 0.480 e. The van der Waals surface area contributed by atoms with Gasteiger partial charge in [-0.3, -0.25) is 0 Å². The summed E-state index contributed by atoms with van der Waals surface area (Å²) in [5.41, 5.74) is 0. The predicted octanol–water partition coefficient (Wildman–Crippen LogP) is 2.74. The van der Waals surface area contributed by atoms with Crippen LogP contribution in [0.1, 0.15) is 19.3 Å². The van der Waals surface area contributed by atoms with Gasteiger partial charge < -0.3 is 4.74 Å². The van der Waals surface area contributed by atoms with Crippen LogP contribution in [0.25, 0.3) is 0 Å². The Kier molecular flexibility index (Phi) is 3.83. The van der Waals surface area contributed by atoms with Crippen molar-refractivity contribution < 1.29 is 13.2 Å². The second-order valence-electron chi connectivity index (χ2n) is 3.72. The third kappa shape index (κ3) is 3.29. The van der Waals surface area contributed by atoms with Gasteiger partial charge in [0, 0.05) is 10.9 Å². The van der Waals surface area contributed by atoms with E-state index in [1.165, 1.54) is 12.1 Å². The summed E-state index contributed by atoms with van der Waals surface area (Å²) in [5.74, 6) is 0.319. The molecule has 17 heavy (non-hydrogen) atoms. The van der Waals surface area contributed by atoms with E-state index in [9.17, 15) is 8.42 Å². The normalized spacial score (nSPS) is 19.0. The van der Waals surface area contributed by atoms with E-state index in [2.05, 4.69) is 20.3 Å². The fourth-order valence-electron chi connectivity index (χ4n) is 1.51. The summed E-state index contributed by atoms with van der Waals surface area (Å²) in [5, 5.41) is 0. The summed E-state index contributed by atoms with van der Waals surface area (Å²) in [7, 11) is -3.63. The van der Waals surface area contributed by atoms with Crippen LogP contribution in [-0.2, 0) is 14.8 Å². The number of halogens is 1. The van der Waals surface area contributed by atoms with Gasteiger partial charge in [-0.25, -0.2) is 0 Å². The summed E-state index contributed by atoms with van der Waals surface area (Å²) < 4.78 is 33.6. The fourth-order valence-corrected chi connectivity index (χ4v) is 2.77. The molecule has 1 heterocycles. The highest BCUT2D eigenvalue weighted by Crippen LogP contribution is 2.18. The van der Waals surface area contributed by atoms with Crippen LogP contribution in [-0.4, -0.2) is 20.9 Å². The Labute approximate surface area is 109 Å². The minimum Gasteiger partial charge on any atom is -0.480 e. The van der Waals surface area contributed by atoms with Gasteiger partial charge in [-0.1, -0.05) is 15.9 Å². The van der Waals surface area contributed by atoms with Gasteiger partial charge in [-0.05, 0) is 37.1 Å². The molecule has 4 nitrogen and oxygen atoms in total. The number of hydrogen-bond donors (Lipinski definition) is 0. The molecule has 1 aromatic rings. The minimum absolute atomic E-state index is 0.183. The fraction of sp³-hybridized carbons (Fsp3) is 0.364. The molecule has 0 atom stereocenters. The van der Waals surface area contributed by atoms with E-state index in [4.69, 9.17) is 4.74 Å². The zero-order chi connectivity index (χ0) is 12.3. The average molecular weight is 318 g/mol. The molecule has 1 saturated heterocycles. The standard InChI is InChI=1S/C11H12BrNO3S/c12-9-4-6-10(7-5-9)17(14,15)13-11-3-1-2-8-16-11/h4-7H,1-3,8H2. The predicted molar refractivity (Wildman–Crippen MR) is 68.6 cm³/mol. The molecule has 0 bridgehead atoms. The van der Waals surface area contributed by atoms with E-state index in [-0.39, 0.29) is 4.90 Å². The monoisotopic (exact) mass is 317 g/mol. The van der Waals surface area contributed by atoms with Crippen LogP contribution in [0.2, 0.25) is 0 Å². The Balaban J connectivity index is 2.27. The Morgan fingerprint density at radius 3 is 2.47 bits per heavy atom. The number of benzene rings is 1. The summed E-state index contributed by atoms with van der Waals surface area (Å²) in [6.07, 6.45) is 2.47. The first-order valence-corrected chi connectivity index (χ1v) is 7.53. The summed E-state index contributed by atoms with van der Waals surface area (Å²) in [6.45, 7) is 0.550. The summed E-state index contributed by atoms with van der Waals surface area (Å²) >= 11 is 3.26. The molecule has 92 valence electrons. The van der Waals surface area contributed by atoms with Gasteiger partial charge in [-0.15, -0.1) is 4.40 Å². The van der Waals surface area contributed by atoms with Crippen molar-refractivity contribution in [1.29, 1.82) is 0 Å². The lowest BCUT2D eigenvalue weighted by Gasteiger charge is -2.14. The lowest BCUT2D eigenvalue weighted by molar-refractivity contribution is 0.261. The average Bonchev–Trinajstić information content (AvgIpc) is 2.30. The molecule has 1 aliphatic rings. The zero-order valence-corrected chi connectivity index (χ0v) is 11.5. The molecule has 0 radical (unpaired) electrons. The third-order valence-corrected chi connectivity index (χ3v) is 4.23. The molecule has 0 aliphatic carbocycles. The highest BCUT2D eigenvalue weighted by Gasteiger charge is 2.16. The third-order valence-electron chi connectivity index (χ3n) is 2.39. The van der Waals surface area contributed by atoms with Crippen LogP contribution in [0.4, 0.5) is 0 Å². The molecule has 1 aromatic carbocycles. The molecule has 6 heteroatoms. The van der Waals surface area contributed by atoms with Gasteiger partial charge in [0.1, 0.15) is 0 Å². The first-order chi connectivity index (χ1) is 8.08. The first kappa shape index (κ1) is 12.6. The SMILES string of the molecule is O=S(=O)(N=C1CCCCO1)c1ccc(Br)cc1. The van der Waals surface area contributed by atoms with Crippen molar-refractivity contribution in [3.05, 3.63) is 28.7 Å². The Morgan fingerprint density at radius 1 is 1.18 bits per heavy atom. The molecule has 0 spiro atoms. The van der Waals surface area contributed by atoms with Crippen molar-refractivity contribution in [2.75, 3.05) is 6.61 Å². The van der Waals surface area contributed by atoms with Crippen LogP contribution >= 0.6 is 15.9 Å². The number of nitrogens with zero attached hydrogens (tertiary/aromatic N) is 1. The van der Waals surface area contributed by atoms with Crippen molar-refractivity contribution in [1.82, 2.24) is 0 Å². The van der Waals surface area contributed by atoms with Crippen molar-refractivity contribution in [3.63, 3.8) is 0 Å². The topological polar surface area (TPSA) is 55.7 Å². The van der Waals surface area contributed by atoms with Crippen molar-refractivity contribution in [3.8, 4) is 0 Å². The molecule has 0 saturated carbocycles. The van der Waals surface area contributed by atoms with Gasteiger partial charge in [0.05, 0.1) is 11.5 Å². The van der Waals surface area contributed by atoms with Gasteiger partial charge >= 0.3 is 0 Å². The molecular weight excluding hydrogens is 306 g/mol. The van der Waals surface area contributed by atoms with Crippen LogP contribution in [0.5, 0.6) is 0 Å². The Bertz CT molecular complexity index is 514. The van der Waals surface area contributed by atoms with E-state index < -0.39 is 10.0 Å². The van der Waals surface area contributed by atoms with Crippen LogP contribution in [0.3, 0.4) is 0 Å². The smallest absolute Gasteiger partial charge is 0.285 e. The van der Waals surface area contributed by atoms with Crippen LogP contribution in [0, 0.1) is 0 Å². The molecule has 0 unspecified atom stereocenters. The first-order valence-electron chi connectivity index (χ1n) is 5.30. The molecule has 1 aliphatic heterocycles. The molecule has 0 N–H and O–H groups in total. The van der Waals surface area contributed by atoms with E-state index >= 15 is 0 Å². The van der Waals surface area contributed by atoms with Gasteiger partial charge in [-0.2, -0.15) is 8.42 Å². The second-order valence-corrected chi connectivity index (χ2v) is 6.24. The lowest BCUT2D eigenvalue weighted by Crippen LogP contribution is -2.14. The molecule has 1 fully saturated rings. The van der Waals surface area contributed by atoms with E-state index in [0.29, 0.717) is 18.9 Å². The molecule has 0 aromatic heterocycles. The number of ether oxygens (including phenoxy) is 1. The molecular formula is C11H12BrNO3S. The maximum absolute atomic E-state index is 11.9. The second kappa shape index (κ2) is 5.18. The lowest BCUT2D eigenvalue weighted by atomic mass is 10.2. The number of hydrogen-bond acceptors (Lipinski definition) is 3. The quantitative estimate of drug-likeness (QED) is 0.842. The van der Waals surface area contributed by atoms with E-state index in [0.717, 1.165) is 17.3 Å². The Morgan fingerprint density at radius 2 is 1.88 bits per heavy atom. The van der Waals surface area contributed by atoms with E-state index in [1.807, 2.05) is 0 Å². The van der Waals surface area contributed by atoms with Gasteiger partial charge in [0.15, 0.2) is 5.90 Å². The van der Waals surface area contributed by atoms with E-state index in [1.54, 1.807) is 12.1 Å². The number of rotatable bonds is 2. The maximum atomic E-state index is 11.9. The van der Waals surface area contributed by atoms with Crippen LogP contribution in [0.15, 0.2) is 38.0 Å².